The molecule has 3 rings (SSSR count). The number of aryl methyl sites for hydroxylation is 1. The summed E-state index contributed by atoms with van der Waals surface area (Å²) in [7, 11) is 0. The minimum absolute atomic E-state index is 0.211. The number of benzene rings is 1. The molecule has 0 bridgehead atoms. The first-order chi connectivity index (χ1) is 12.5. The van der Waals surface area contributed by atoms with E-state index in [4.69, 9.17) is 11.6 Å². The number of halogens is 1. The molecule has 1 heterocycles. The number of carbonyl (C=O) groups excluding carboxylic acids is 2. The monoisotopic (exact) mass is 392 g/mol. The van der Waals surface area contributed by atoms with Crippen molar-refractivity contribution < 1.29 is 9.59 Å². The third kappa shape index (κ3) is 5.19. The number of thiazole rings is 1. The summed E-state index contributed by atoms with van der Waals surface area (Å²) in [6.07, 6.45) is 3.61. The molecule has 138 valence electrons. The second-order valence-electron chi connectivity index (χ2n) is 6.16. The van der Waals surface area contributed by atoms with Crippen molar-refractivity contribution in [3.8, 4) is 0 Å². The fourth-order valence-electron chi connectivity index (χ4n) is 2.37. The lowest BCUT2D eigenvalue weighted by Crippen LogP contribution is -2.31. The van der Waals surface area contributed by atoms with Crippen LogP contribution in [0.15, 0.2) is 23.6 Å². The zero-order valence-electron chi connectivity index (χ0n) is 14.5. The molecule has 8 heteroatoms. The van der Waals surface area contributed by atoms with E-state index in [1.165, 1.54) is 0 Å². The number of amides is 3. The summed E-state index contributed by atoms with van der Waals surface area (Å²) in [6, 6.07) is 4.79. The lowest BCUT2D eigenvalue weighted by Gasteiger charge is -2.10. The molecule has 0 radical (unpaired) electrons. The molecule has 0 aliphatic heterocycles. The highest BCUT2D eigenvalue weighted by Gasteiger charge is 2.24. The summed E-state index contributed by atoms with van der Waals surface area (Å²) in [6.45, 7) is 2.56. The van der Waals surface area contributed by atoms with Gasteiger partial charge in [-0.2, -0.15) is 0 Å². The number of rotatable bonds is 7. The van der Waals surface area contributed by atoms with Crippen LogP contribution >= 0.6 is 22.9 Å². The van der Waals surface area contributed by atoms with Gasteiger partial charge in [0.1, 0.15) is 0 Å². The SMILES string of the molecule is CCc1nc(CCNC(=O)Nc2ccc(Cl)c(C(=O)NC3CC3)c2)cs1. The number of nitrogens with one attached hydrogen (secondary N) is 3. The van der Waals surface area contributed by atoms with Crippen LogP contribution in [0.2, 0.25) is 5.02 Å². The molecule has 1 saturated carbocycles. The van der Waals surface area contributed by atoms with Gasteiger partial charge in [-0.15, -0.1) is 11.3 Å². The van der Waals surface area contributed by atoms with Crippen molar-refractivity contribution in [3.63, 3.8) is 0 Å². The summed E-state index contributed by atoms with van der Waals surface area (Å²) >= 11 is 7.74. The zero-order chi connectivity index (χ0) is 18.5. The van der Waals surface area contributed by atoms with Gasteiger partial charge >= 0.3 is 6.03 Å². The largest absolute Gasteiger partial charge is 0.349 e. The van der Waals surface area contributed by atoms with E-state index in [2.05, 4.69) is 27.9 Å². The number of anilines is 1. The molecule has 1 aliphatic rings. The molecule has 0 saturated heterocycles. The van der Waals surface area contributed by atoms with Gasteiger partial charge in [0.25, 0.3) is 5.91 Å². The highest BCUT2D eigenvalue weighted by atomic mass is 35.5. The number of carbonyl (C=O) groups is 2. The molecule has 0 spiro atoms. The Kier molecular flexibility index (Phi) is 6.11. The smallest absolute Gasteiger partial charge is 0.319 e. The maximum atomic E-state index is 12.2. The molecule has 3 N–H and O–H groups in total. The molecule has 0 unspecified atom stereocenters. The van der Waals surface area contributed by atoms with Crippen LogP contribution in [0.3, 0.4) is 0 Å². The minimum Gasteiger partial charge on any atom is -0.349 e. The molecule has 3 amide bonds. The van der Waals surface area contributed by atoms with E-state index in [1.807, 2.05) is 5.38 Å². The standard InChI is InChI=1S/C18H21ClN4O2S/c1-2-16-21-13(10-26-16)7-8-20-18(25)23-12-5-6-15(19)14(9-12)17(24)22-11-3-4-11/h5-6,9-11H,2-4,7-8H2,1H3,(H,22,24)(H2,20,23,25). The topological polar surface area (TPSA) is 83.1 Å². The van der Waals surface area contributed by atoms with Crippen LogP contribution in [-0.2, 0) is 12.8 Å². The first-order valence-corrected chi connectivity index (χ1v) is 9.89. The second kappa shape index (κ2) is 8.51. The summed E-state index contributed by atoms with van der Waals surface area (Å²) in [5.41, 5.74) is 1.87. The fourth-order valence-corrected chi connectivity index (χ4v) is 3.36. The first kappa shape index (κ1) is 18.7. The molecule has 1 aliphatic carbocycles. The van der Waals surface area contributed by atoms with Crippen LogP contribution < -0.4 is 16.0 Å². The zero-order valence-corrected chi connectivity index (χ0v) is 16.0. The number of hydrogen-bond acceptors (Lipinski definition) is 4. The Hall–Kier alpha value is -2.12. The molecule has 2 aromatic rings. The van der Waals surface area contributed by atoms with Crippen molar-refractivity contribution in [2.75, 3.05) is 11.9 Å². The number of hydrogen-bond donors (Lipinski definition) is 3. The van der Waals surface area contributed by atoms with Gasteiger partial charge in [0, 0.05) is 30.1 Å². The molecule has 6 nitrogen and oxygen atoms in total. The van der Waals surface area contributed by atoms with Gasteiger partial charge in [-0.3, -0.25) is 4.79 Å². The Morgan fingerprint density at radius 3 is 2.85 bits per heavy atom. The molecule has 0 atom stereocenters. The summed E-state index contributed by atoms with van der Waals surface area (Å²) in [4.78, 5) is 28.7. The second-order valence-corrected chi connectivity index (χ2v) is 7.51. The van der Waals surface area contributed by atoms with Crippen molar-refractivity contribution in [1.82, 2.24) is 15.6 Å². The fraction of sp³-hybridized carbons (Fsp3) is 0.389. The molecule has 1 fully saturated rings. The molecule has 1 aromatic carbocycles. The van der Waals surface area contributed by atoms with E-state index in [9.17, 15) is 9.59 Å². The van der Waals surface area contributed by atoms with Crippen LogP contribution in [0.4, 0.5) is 10.5 Å². The third-order valence-corrected chi connectivity index (χ3v) is 5.32. The minimum atomic E-state index is -0.327. The van der Waals surface area contributed by atoms with Crippen molar-refractivity contribution in [1.29, 1.82) is 0 Å². The summed E-state index contributed by atoms with van der Waals surface area (Å²) < 4.78 is 0. The van der Waals surface area contributed by atoms with E-state index in [0.717, 1.165) is 30.0 Å². The van der Waals surface area contributed by atoms with E-state index in [-0.39, 0.29) is 18.0 Å². The van der Waals surface area contributed by atoms with Gasteiger partial charge in [0.05, 0.1) is 21.3 Å². The molecule has 26 heavy (non-hydrogen) atoms. The van der Waals surface area contributed by atoms with Crippen LogP contribution in [0.1, 0.15) is 40.8 Å². The first-order valence-electron chi connectivity index (χ1n) is 8.63. The van der Waals surface area contributed by atoms with E-state index < -0.39 is 0 Å². The maximum Gasteiger partial charge on any atom is 0.319 e. The van der Waals surface area contributed by atoms with Gasteiger partial charge in [0.2, 0.25) is 0 Å². The van der Waals surface area contributed by atoms with E-state index in [0.29, 0.717) is 29.2 Å². The van der Waals surface area contributed by atoms with Crippen LogP contribution in [0, 0.1) is 0 Å². The lowest BCUT2D eigenvalue weighted by molar-refractivity contribution is 0.0951. The average molecular weight is 393 g/mol. The van der Waals surface area contributed by atoms with Gasteiger partial charge in [0.15, 0.2) is 0 Å². The van der Waals surface area contributed by atoms with Gasteiger partial charge in [-0.25, -0.2) is 9.78 Å². The predicted molar refractivity (Wildman–Crippen MR) is 104 cm³/mol. The Morgan fingerprint density at radius 1 is 1.35 bits per heavy atom. The molecule has 1 aromatic heterocycles. The van der Waals surface area contributed by atoms with Crippen LogP contribution in [0.25, 0.3) is 0 Å². The summed E-state index contributed by atoms with van der Waals surface area (Å²) in [5.74, 6) is -0.211. The maximum absolute atomic E-state index is 12.2. The Bertz CT molecular complexity index is 804. The number of nitrogens with zero attached hydrogens (tertiary/aromatic N) is 1. The average Bonchev–Trinajstić information content (AvgIpc) is 3.31. The van der Waals surface area contributed by atoms with Crippen molar-refractivity contribution in [3.05, 3.63) is 44.9 Å². The van der Waals surface area contributed by atoms with Crippen LogP contribution in [0.5, 0.6) is 0 Å². The Balaban J connectivity index is 1.50. The van der Waals surface area contributed by atoms with E-state index >= 15 is 0 Å². The normalized spacial score (nSPS) is 13.3. The molecular weight excluding hydrogens is 372 g/mol. The van der Waals surface area contributed by atoms with Crippen molar-refractivity contribution in [2.45, 2.75) is 38.6 Å². The third-order valence-electron chi connectivity index (χ3n) is 3.95. The Labute approximate surface area is 161 Å². The quantitative estimate of drug-likeness (QED) is 0.673. The van der Waals surface area contributed by atoms with E-state index in [1.54, 1.807) is 29.5 Å². The van der Waals surface area contributed by atoms with Gasteiger partial charge in [-0.1, -0.05) is 18.5 Å². The number of aromatic nitrogens is 1. The highest BCUT2D eigenvalue weighted by molar-refractivity contribution is 7.09. The lowest BCUT2D eigenvalue weighted by atomic mass is 10.2. The van der Waals surface area contributed by atoms with Gasteiger partial charge < -0.3 is 16.0 Å². The van der Waals surface area contributed by atoms with Gasteiger partial charge in [-0.05, 0) is 37.5 Å². The summed E-state index contributed by atoms with van der Waals surface area (Å²) in [5, 5.41) is 11.9. The Morgan fingerprint density at radius 2 is 2.15 bits per heavy atom. The van der Waals surface area contributed by atoms with Crippen molar-refractivity contribution >= 4 is 40.6 Å². The number of urea groups is 1. The van der Waals surface area contributed by atoms with Crippen LogP contribution in [-0.4, -0.2) is 29.5 Å². The van der Waals surface area contributed by atoms with Crippen molar-refractivity contribution in [2.24, 2.45) is 0 Å². The molecular formula is C18H21ClN4O2S. The predicted octanol–water partition coefficient (Wildman–Crippen LogP) is 3.62. The highest BCUT2D eigenvalue weighted by Crippen LogP contribution is 2.24.